The first kappa shape index (κ1) is 14.3. The molecule has 0 aliphatic heterocycles. The Labute approximate surface area is 118 Å². The van der Waals surface area contributed by atoms with Crippen LogP contribution in [-0.2, 0) is 10.0 Å². The highest BCUT2D eigenvalue weighted by Gasteiger charge is 2.05. The van der Waals surface area contributed by atoms with Crippen molar-refractivity contribution in [3.8, 4) is 0 Å². The molecular formula is C13H16N4O2S. The van der Waals surface area contributed by atoms with Crippen LogP contribution >= 0.6 is 0 Å². The normalized spacial score (nSPS) is 11.2. The number of nitrogens with zero attached hydrogens (tertiary/aromatic N) is 2. The molecule has 2 N–H and O–H groups in total. The SMILES string of the molecule is Cc1ccc(Nc2ccc(NS(C)(=O)=O)nn2)c(C)c1. The van der Waals surface area contributed by atoms with E-state index in [1.54, 1.807) is 12.1 Å². The molecule has 0 atom stereocenters. The van der Waals surface area contributed by atoms with Crippen LogP contribution in [0.15, 0.2) is 30.3 Å². The van der Waals surface area contributed by atoms with E-state index in [1.807, 2.05) is 26.0 Å². The minimum absolute atomic E-state index is 0.193. The third kappa shape index (κ3) is 3.92. The van der Waals surface area contributed by atoms with Gasteiger partial charge in [-0.3, -0.25) is 4.72 Å². The van der Waals surface area contributed by atoms with Gasteiger partial charge in [0.25, 0.3) is 0 Å². The van der Waals surface area contributed by atoms with Crippen molar-refractivity contribution in [2.45, 2.75) is 13.8 Å². The molecule has 6 nitrogen and oxygen atoms in total. The molecule has 0 aliphatic rings. The fourth-order valence-corrected chi connectivity index (χ4v) is 2.22. The summed E-state index contributed by atoms with van der Waals surface area (Å²) in [6.45, 7) is 4.03. The quantitative estimate of drug-likeness (QED) is 0.902. The van der Waals surface area contributed by atoms with E-state index in [9.17, 15) is 8.42 Å². The largest absolute Gasteiger partial charge is 0.339 e. The first-order chi connectivity index (χ1) is 9.33. The molecule has 0 spiro atoms. The molecule has 2 rings (SSSR count). The molecule has 0 amide bonds. The van der Waals surface area contributed by atoms with Crippen molar-refractivity contribution in [1.82, 2.24) is 10.2 Å². The number of aryl methyl sites for hydroxylation is 2. The molecule has 0 saturated heterocycles. The topological polar surface area (TPSA) is 84.0 Å². The summed E-state index contributed by atoms with van der Waals surface area (Å²) in [5.74, 6) is 0.745. The van der Waals surface area contributed by atoms with Gasteiger partial charge in [0.15, 0.2) is 11.6 Å². The summed E-state index contributed by atoms with van der Waals surface area (Å²) in [5, 5.41) is 10.9. The Balaban J connectivity index is 2.14. The average Bonchev–Trinajstić information content (AvgIpc) is 2.33. The summed E-state index contributed by atoms with van der Waals surface area (Å²) < 4.78 is 24.4. The van der Waals surface area contributed by atoms with Crippen molar-refractivity contribution >= 4 is 27.3 Å². The standard InChI is InChI=1S/C13H16N4O2S/c1-9-4-5-11(10(2)8-9)14-12-6-7-13(16-15-12)17-20(3,18)19/h4-8H,1-3H3,(H,14,15)(H,16,17). The van der Waals surface area contributed by atoms with Crippen LogP contribution in [0.25, 0.3) is 0 Å². The van der Waals surface area contributed by atoms with Crippen LogP contribution < -0.4 is 10.0 Å². The maximum absolute atomic E-state index is 11.1. The number of sulfonamides is 1. The van der Waals surface area contributed by atoms with E-state index in [-0.39, 0.29) is 5.82 Å². The Morgan fingerprint density at radius 1 is 1.00 bits per heavy atom. The molecule has 0 unspecified atom stereocenters. The minimum Gasteiger partial charge on any atom is -0.339 e. The number of hydrogen-bond acceptors (Lipinski definition) is 5. The lowest BCUT2D eigenvalue weighted by molar-refractivity contribution is 0.606. The molecule has 0 radical (unpaired) electrons. The molecule has 1 heterocycles. The van der Waals surface area contributed by atoms with E-state index < -0.39 is 10.0 Å². The van der Waals surface area contributed by atoms with Crippen molar-refractivity contribution in [3.05, 3.63) is 41.5 Å². The van der Waals surface area contributed by atoms with Gasteiger partial charge in [-0.2, -0.15) is 0 Å². The van der Waals surface area contributed by atoms with Crippen LogP contribution in [0.1, 0.15) is 11.1 Å². The predicted octanol–water partition coefficient (Wildman–Crippen LogP) is 2.21. The second-order valence-electron chi connectivity index (χ2n) is 4.62. The lowest BCUT2D eigenvalue weighted by Crippen LogP contribution is -2.11. The van der Waals surface area contributed by atoms with Gasteiger partial charge in [-0.1, -0.05) is 17.7 Å². The summed E-state index contributed by atoms with van der Waals surface area (Å²) in [4.78, 5) is 0. The second kappa shape index (κ2) is 5.46. The Hall–Kier alpha value is -2.15. The minimum atomic E-state index is -3.33. The zero-order valence-corrected chi connectivity index (χ0v) is 12.3. The highest BCUT2D eigenvalue weighted by Crippen LogP contribution is 2.20. The van der Waals surface area contributed by atoms with Gasteiger partial charge in [-0.15, -0.1) is 10.2 Å². The number of hydrogen-bond donors (Lipinski definition) is 2. The monoisotopic (exact) mass is 292 g/mol. The lowest BCUT2D eigenvalue weighted by atomic mass is 10.1. The van der Waals surface area contributed by atoms with Crippen molar-refractivity contribution in [3.63, 3.8) is 0 Å². The van der Waals surface area contributed by atoms with E-state index in [1.165, 1.54) is 5.56 Å². The van der Waals surface area contributed by atoms with Crippen LogP contribution in [0.3, 0.4) is 0 Å². The molecule has 0 aliphatic carbocycles. The van der Waals surface area contributed by atoms with Gasteiger partial charge in [0, 0.05) is 5.69 Å². The summed E-state index contributed by atoms with van der Waals surface area (Å²) >= 11 is 0. The average molecular weight is 292 g/mol. The van der Waals surface area contributed by atoms with Gasteiger partial charge in [0.2, 0.25) is 10.0 Å². The maximum atomic E-state index is 11.1. The van der Waals surface area contributed by atoms with E-state index in [0.717, 1.165) is 17.5 Å². The van der Waals surface area contributed by atoms with E-state index in [2.05, 4.69) is 26.3 Å². The van der Waals surface area contributed by atoms with Gasteiger partial charge < -0.3 is 5.32 Å². The summed E-state index contributed by atoms with van der Waals surface area (Å²) in [5.41, 5.74) is 3.23. The molecule has 0 bridgehead atoms. The van der Waals surface area contributed by atoms with Crippen LogP contribution in [0.4, 0.5) is 17.3 Å². The number of nitrogens with one attached hydrogen (secondary N) is 2. The van der Waals surface area contributed by atoms with E-state index in [4.69, 9.17) is 0 Å². The first-order valence-electron chi connectivity index (χ1n) is 5.99. The Morgan fingerprint density at radius 2 is 1.65 bits per heavy atom. The van der Waals surface area contributed by atoms with Crippen LogP contribution in [0, 0.1) is 13.8 Å². The van der Waals surface area contributed by atoms with E-state index >= 15 is 0 Å². The molecule has 106 valence electrons. The van der Waals surface area contributed by atoms with Crippen molar-refractivity contribution in [2.75, 3.05) is 16.3 Å². The number of rotatable bonds is 4. The fourth-order valence-electron chi connectivity index (χ4n) is 1.74. The molecular weight excluding hydrogens is 276 g/mol. The van der Waals surface area contributed by atoms with Gasteiger partial charge >= 0.3 is 0 Å². The second-order valence-corrected chi connectivity index (χ2v) is 6.37. The zero-order valence-electron chi connectivity index (χ0n) is 11.5. The highest BCUT2D eigenvalue weighted by molar-refractivity contribution is 7.92. The zero-order chi connectivity index (χ0) is 14.8. The van der Waals surface area contributed by atoms with Gasteiger partial charge in [-0.25, -0.2) is 8.42 Å². The highest BCUT2D eigenvalue weighted by atomic mass is 32.2. The maximum Gasteiger partial charge on any atom is 0.231 e. The molecule has 2 aromatic rings. The third-order valence-corrected chi connectivity index (χ3v) is 3.18. The van der Waals surface area contributed by atoms with Crippen molar-refractivity contribution in [2.24, 2.45) is 0 Å². The molecule has 20 heavy (non-hydrogen) atoms. The van der Waals surface area contributed by atoms with Gasteiger partial charge in [0.05, 0.1) is 6.26 Å². The Kier molecular flexibility index (Phi) is 3.89. The Bertz CT molecular complexity index is 712. The molecule has 7 heteroatoms. The third-order valence-electron chi connectivity index (χ3n) is 2.60. The van der Waals surface area contributed by atoms with Crippen LogP contribution in [-0.4, -0.2) is 24.9 Å². The Morgan fingerprint density at radius 3 is 2.20 bits per heavy atom. The number of aromatic nitrogens is 2. The summed E-state index contributed by atoms with van der Waals surface area (Å²) in [6.07, 6.45) is 1.07. The number of benzene rings is 1. The molecule has 0 saturated carbocycles. The van der Waals surface area contributed by atoms with Crippen molar-refractivity contribution in [1.29, 1.82) is 0 Å². The summed E-state index contributed by atoms with van der Waals surface area (Å²) in [7, 11) is -3.33. The molecule has 0 fully saturated rings. The molecule has 1 aromatic carbocycles. The van der Waals surface area contributed by atoms with Gasteiger partial charge in [0.1, 0.15) is 0 Å². The smallest absolute Gasteiger partial charge is 0.231 e. The van der Waals surface area contributed by atoms with E-state index in [0.29, 0.717) is 5.82 Å². The van der Waals surface area contributed by atoms with Crippen LogP contribution in [0.5, 0.6) is 0 Å². The first-order valence-corrected chi connectivity index (χ1v) is 7.88. The van der Waals surface area contributed by atoms with Gasteiger partial charge in [-0.05, 0) is 37.6 Å². The fraction of sp³-hybridized carbons (Fsp3) is 0.231. The van der Waals surface area contributed by atoms with Crippen LogP contribution in [0.2, 0.25) is 0 Å². The lowest BCUT2D eigenvalue weighted by Gasteiger charge is -2.09. The van der Waals surface area contributed by atoms with Crippen molar-refractivity contribution < 1.29 is 8.42 Å². The number of anilines is 3. The summed E-state index contributed by atoms with van der Waals surface area (Å²) in [6, 6.07) is 9.26. The molecule has 1 aromatic heterocycles. The predicted molar refractivity (Wildman–Crippen MR) is 79.7 cm³/mol.